The predicted octanol–water partition coefficient (Wildman–Crippen LogP) is 4.09. The third-order valence-electron chi connectivity index (χ3n) is 3.46. The van der Waals surface area contributed by atoms with Crippen LogP contribution in [0, 0.1) is 0 Å². The van der Waals surface area contributed by atoms with Crippen molar-refractivity contribution in [2.75, 3.05) is 4.90 Å². The SMILES string of the molecule is CC(C)N(c1ccc(-c2ccccc2)cc1)c1ncncn1. The van der Waals surface area contributed by atoms with Gasteiger partial charge < -0.3 is 4.90 Å². The van der Waals surface area contributed by atoms with Gasteiger partial charge in [0.1, 0.15) is 12.7 Å². The van der Waals surface area contributed by atoms with Gasteiger partial charge in [0.25, 0.3) is 0 Å². The van der Waals surface area contributed by atoms with E-state index < -0.39 is 0 Å². The topological polar surface area (TPSA) is 41.9 Å². The van der Waals surface area contributed by atoms with Crippen LogP contribution in [-0.2, 0) is 0 Å². The van der Waals surface area contributed by atoms with Gasteiger partial charge in [0.05, 0.1) is 0 Å². The zero-order valence-corrected chi connectivity index (χ0v) is 12.7. The maximum absolute atomic E-state index is 4.26. The molecule has 0 saturated carbocycles. The molecule has 0 radical (unpaired) electrons. The van der Waals surface area contributed by atoms with Crippen LogP contribution in [0.4, 0.5) is 11.6 Å². The fourth-order valence-electron chi connectivity index (χ4n) is 2.45. The van der Waals surface area contributed by atoms with Gasteiger partial charge in [-0.25, -0.2) is 15.0 Å². The van der Waals surface area contributed by atoms with Crippen molar-refractivity contribution in [2.45, 2.75) is 19.9 Å². The monoisotopic (exact) mass is 290 g/mol. The molecule has 0 bridgehead atoms. The molecule has 2 aromatic carbocycles. The lowest BCUT2D eigenvalue weighted by Crippen LogP contribution is -2.27. The van der Waals surface area contributed by atoms with Crippen LogP contribution in [0.5, 0.6) is 0 Å². The molecule has 0 aliphatic rings. The fraction of sp³-hybridized carbons (Fsp3) is 0.167. The van der Waals surface area contributed by atoms with Crippen molar-refractivity contribution in [3.63, 3.8) is 0 Å². The van der Waals surface area contributed by atoms with Gasteiger partial charge in [0.15, 0.2) is 0 Å². The Morgan fingerprint density at radius 2 is 1.36 bits per heavy atom. The number of anilines is 2. The Kier molecular flexibility index (Phi) is 4.10. The van der Waals surface area contributed by atoms with E-state index >= 15 is 0 Å². The van der Waals surface area contributed by atoms with E-state index in [-0.39, 0.29) is 6.04 Å². The Bertz CT molecular complexity index is 709. The van der Waals surface area contributed by atoms with Crippen molar-refractivity contribution in [1.82, 2.24) is 15.0 Å². The van der Waals surface area contributed by atoms with Gasteiger partial charge in [-0.05, 0) is 37.1 Å². The third kappa shape index (κ3) is 2.96. The van der Waals surface area contributed by atoms with Gasteiger partial charge in [0, 0.05) is 11.7 Å². The van der Waals surface area contributed by atoms with Crippen LogP contribution in [0.25, 0.3) is 11.1 Å². The summed E-state index contributed by atoms with van der Waals surface area (Å²) in [6.07, 6.45) is 3.05. The molecule has 0 aliphatic carbocycles. The third-order valence-corrected chi connectivity index (χ3v) is 3.46. The number of aromatic nitrogens is 3. The van der Waals surface area contributed by atoms with Crippen molar-refractivity contribution >= 4 is 11.6 Å². The fourth-order valence-corrected chi connectivity index (χ4v) is 2.45. The van der Waals surface area contributed by atoms with Crippen LogP contribution in [0.15, 0.2) is 67.3 Å². The largest absolute Gasteiger partial charge is 0.308 e. The molecule has 4 nitrogen and oxygen atoms in total. The van der Waals surface area contributed by atoms with Crippen LogP contribution in [-0.4, -0.2) is 21.0 Å². The average Bonchev–Trinajstić information content (AvgIpc) is 2.57. The lowest BCUT2D eigenvalue weighted by atomic mass is 10.1. The van der Waals surface area contributed by atoms with Gasteiger partial charge >= 0.3 is 0 Å². The molecule has 4 heteroatoms. The number of rotatable bonds is 4. The molecule has 0 amide bonds. The molecule has 1 aromatic heterocycles. The quantitative estimate of drug-likeness (QED) is 0.726. The van der Waals surface area contributed by atoms with Crippen LogP contribution >= 0.6 is 0 Å². The summed E-state index contributed by atoms with van der Waals surface area (Å²) in [4.78, 5) is 14.5. The maximum atomic E-state index is 4.26. The number of nitrogens with zero attached hydrogens (tertiary/aromatic N) is 4. The second-order valence-corrected chi connectivity index (χ2v) is 5.31. The van der Waals surface area contributed by atoms with E-state index in [1.807, 2.05) is 6.07 Å². The summed E-state index contributed by atoms with van der Waals surface area (Å²) in [5, 5.41) is 0. The van der Waals surface area contributed by atoms with Gasteiger partial charge in [-0.1, -0.05) is 42.5 Å². The lowest BCUT2D eigenvalue weighted by molar-refractivity contribution is 0.758. The first-order valence-corrected chi connectivity index (χ1v) is 7.32. The zero-order valence-electron chi connectivity index (χ0n) is 12.7. The van der Waals surface area contributed by atoms with Crippen molar-refractivity contribution in [2.24, 2.45) is 0 Å². The van der Waals surface area contributed by atoms with Gasteiger partial charge in [-0.15, -0.1) is 0 Å². The van der Waals surface area contributed by atoms with E-state index in [4.69, 9.17) is 0 Å². The van der Waals surface area contributed by atoms with E-state index in [2.05, 4.69) is 82.2 Å². The van der Waals surface area contributed by atoms with Crippen molar-refractivity contribution in [3.8, 4) is 11.1 Å². The summed E-state index contributed by atoms with van der Waals surface area (Å²) >= 11 is 0. The van der Waals surface area contributed by atoms with E-state index in [1.165, 1.54) is 23.8 Å². The molecule has 0 unspecified atom stereocenters. The Morgan fingerprint density at radius 3 is 1.95 bits per heavy atom. The summed E-state index contributed by atoms with van der Waals surface area (Å²) in [5.41, 5.74) is 3.48. The minimum Gasteiger partial charge on any atom is -0.308 e. The average molecular weight is 290 g/mol. The van der Waals surface area contributed by atoms with Crippen LogP contribution in [0.2, 0.25) is 0 Å². The Morgan fingerprint density at radius 1 is 0.773 bits per heavy atom. The Labute approximate surface area is 130 Å². The first-order valence-electron chi connectivity index (χ1n) is 7.32. The minimum atomic E-state index is 0.255. The summed E-state index contributed by atoms with van der Waals surface area (Å²) < 4.78 is 0. The standard InChI is InChI=1S/C18H18N4/c1-14(2)22(18-20-12-19-13-21-18)17-10-8-16(9-11-17)15-6-4-3-5-7-15/h3-14H,1-2H3. The smallest absolute Gasteiger partial charge is 0.233 e. The Hall–Kier alpha value is -2.75. The number of hydrogen-bond donors (Lipinski definition) is 0. The molecule has 22 heavy (non-hydrogen) atoms. The first kappa shape index (κ1) is 14.2. The van der Waals surface area contributed by atoms with E-state index in [0.717, 1.165) is 5.69 Å². The van der Waals surface area contributed by atoms with Crippen LogP contribution < -0.4 is 4.90 Å². The first-order chi connectivity index (χ1) is 10.8. The van der Waals surface area contributed by atoms with Crippen LogP contribution in [0.1, 0.15) is 13.8 Å². The summed E-state index contributed by atoms with van der Waals surface area (Å²) in [5.74, 6) is 0.664. The highest BCUT2D eigenvalue weighted by Crippen LogP contribution is 2.27. The number of benzene rings is 2. The predicted molar refractivity (Wildman–Crippen MR) is 89.0 cm³/mol. The zero-order chi connectivity index (χ0) is 15.4. The summed E-state index contributed by atoms with van der Waals surface area (Å²) in [7, 11) is 0. The summed E-state index contributed by atoms with van der Waals surface area (Å²) in [6, 6.07) is 19.1. The summed E-state index contributed by atoms with van der Waals surface area (Å²) in [6.45, 7) is 4.24. The molecule has 110 valence electrons. The molecule has 0 N–H and O–H groups in total. The molecular formula is C18H18N4. The van der Waals surface area contributed by atoms with Gasteiger partial charge in [-0.2, -0.15) is 0 Å². The molecule has 0 saturated heterocycles. The highest BCUT2D eigenvalue weighted by molar-refractivity contribution is 5.68. The highest BCUT2D eigenvalue weighted by Gasteiger charge is 2.15. The molecule has 1 heterocycles. The second kappa shape index (κ2) is 6.35. The lowest BCUT2D eigenvalue weighted by Gasteiger charge is -2.26. The van der Waals surface area contributed by atoms with E-state index in [1.54, 1.807) is 0 Å². The maximum Gasteiger partial charge on any atom is 0.233 e. The van der Waals surface area contributed by atoms with Crippen molar-refractivity contribution < 1.29 is 0 Å². The molecule has 0 aliphatic heterocycles. The molecule has 3 aromatic rings. The van der Waals surface area contributed by atoms with E-state index in [0.29, 0.717) is 5.95 Å². The normalized spacial score (nSPS) is 10.7. The van der Waals surface area contributed by atoms with E-state index in [9.17, 15) is 0 Å². The molecule has 0 fully saturated rings. The van der Waals surface area contributed by atoms with Crippen LogP contribution in [0.3, 0.4) is 0 Å². The van der Waals surface area contributed by atoms with Crippen molar-refractivity contribution in [1.29, 1.82) is 0 Å². The van der Waals surface area contributed by atoms with Crippen molar-refractivity contribution in [3.05, 3.63) is 67.3 Å². The van der Waals surface area contributed by atoms with Gasteiger partial charge in [-0.3, -0.25) is 0 Å². The molecular weight excluding hydrogens is 272 g/mol. The minimum absolute atomic E-state index is 0.255. The molecule has 3 rings (SSSR count). The van der Waals surface area contributed by atoms with Gasteiger partial charge in [0.2, 0.25) is 5.95 Å². The molecule has 0 spiro atoms. The highest BCUT2D eigenvalue weighted by atomic mass is 15.3. The Balaban J connectivity index is 1.94. The second-order valence-electron chi connectivity index (χ2n) is 5.31. The number of hydrogen-bond acceptors (Lipinski definition) is 4. The molecule has 0 atom stereocenters.